The molecule has 0 atom stereocenters. The van der Waals surface area contributed by atoms with Crippen molar-refractivity contribution in [2.75, 3.05) is 0 Å². The molecule has 0 radical (unpaired) electrons. The van der Waals surface area contributed by atoms with E-state index >= 15 is 0 Å². The van der Waals surface area contributed by atoms with Gasteiger partial charge in [-0.15, -0.1) is 0 Å². The number of hydrogen-bond acceptors (Lipinski definition) is 5. The molecule has 166 valence electrons. The lowest BCUT2D eigenvalue weighted by atomic mass is 10.0. The Morgan fingerprint density at radius 2 is 1.94 bits per heavy atom. The lowest BCUT2D eigenvalue weighted by Crippen LogP contribution is -2.16. The Kier molecular flexibility index (Phi) is 4.18. The van der Waals surface area contributed by atoms with E-state index in [4.69, 9.17) is 5.73 Å². The standard InChI is InChI=1S/C24H23N7O2/c1-29-8-7-21(32)31-20(10-16(24(29)31)13-3-4-13)22-18(12-26-30(22)2)14-5-6-15-17(9-14)19(11-25)27-28-23(15)33/h5-10,12-13H,3-4,11,25H2,1-2H3,(H,28,33). The number of benzene rings is 1. The molecule has 0 amide bonds. The Bertz CT molecular complexity index is 1680. The normalized spacial score (nSPS) is 13.9. The van der Waals surface area contributed by atoms with E-state index < -0.39 is 0 Å². The van der Waals surface area contributed by atoms with Crippen molar-refractivity contribution in [2.45, 2.75) is 25.3 Å². The predicted molar refractivity (Wildman–Crippen MR) is 126 cm³/mol. The molecule has 0 aliphatic heterocycles. The number of fused-ring (bicyclic) bond motifs is 2. The van der Waals surface area contributed by atoms with Crippen LogP contribution in [0, 0.1) is 0 Å². The van der Waals surface area contributed by atoms with Crippen molar-refractivity contribution in [1.29, 1.82) is 0 Å². The first-order chi connectivity index (χ1) is 16.0. The topological polar surface area (TPSA) is 116 Å². The minimum atomic E-state index is -0.254. The summed E-state index contributed by atoms with van der Waals surface area (Å²) in [6.07, 6.45) is 5.88. The maximum atomic E-state index is 13.0. The summed E-state index contributed by atoms with van der Waals surface area (Å²) in [5.74, 6) is 0.476. The molecule has 9 heteroatoms. The van der Waals surface area contributed by atoms with E-state index in [-0.39, 0.29) is 17.7 Å². The van der Waals surface area contributed by atoms with Crippen molar-refractivity contribution >= 4 is 16.4 Å². The van der Waals surface area contributed by atoms with Crippen LogP contribution in [-0.4, -0.2) is 28.9 Å². The SMILES string of the molecule is Cn1ncc(-c2ccc3c(=O)[nH]nc(CN)c3c2)c1-c1cc(C2CC2)c2n(C)ccc(=O)n12. The van der Waals surface area contributed by atoms with E-state index in [1.54, 1.807) is 27.4 Å². The molecule has 1 fully saturated rings. The number of nitrogens with one attached hydrogen (secondary N) is 1. The Morgan fingerprint density at radius 3 is 2.70 bits per heavy atom. The van der Waals surface area contributed by atoms with Crippen molar-refractivity contribution in [3.63, 3.8) is 0 Å². The molecule has 3 N–H and O–H groups in total. The average Bonchev–Trinajstić information content (AvgIpc) is 3.48. The smallest absolute Gasteiger partial charge is 0.272 e. The van der Waals surface area contributed by atoms with Gasteiger partial charge in [0.05, 0.1) is 28.7 Å². The first-order valence-corrected chi connectivity index (χ1v) is 10.9. The van der Waals surface area contributed by atoms with Gasteiger partial charge in [-0.05, 0) is 48.1 Å². The van der Waals surface area contributed by atoms with Gasteiger partial charge in [0.25, 0.3) is 11.1 Å². The highest BCUT2D eigenvalue weighted by Crippen LogP contribution is 2.45. The summed E-state index contributed by atoms with van der Waals surface area (Å²) in [6, 6.07) is 9.33. The molecule has 33 heavy (non-hydrogen) atoms. The second-order valence-electron chi connectivity index (χ2n) is 8.68. The highest BCUT2D eigenvalue weighted by atomic mass is 16.1. The van der Waals surface area contributed by atoms with Crippen LogP contribution in [0.4, 0.5) is 0 Å². The van der Waals surface area contributed by atoms with E-state index in [1.807, 2.05) is 37.0 Å². The number of rotatable bonds is 4. The minimum absolute atomic E-state index is 0.0724. The third kappa shape index (κ3) is 2.89. The number of hydrogen-bond donors (Lipinski definition) is 2. The maximum Gasteiger partial charge on any atom is 0.272 e. The zero-order valence-electron chi connectivity index (χ0n) is 18.4. The summed E-state index contributed by atoms with van der Waals surface area (Å²) in [6.45, 7) is 0.209. The Morgan fingerprint density at radius 1 is 1.12 bits per heavy atom. The van der Waals surface area contributed by atoms with Gasteiger partial charge in [0.2, 0.25) is 0 Å². The van der Waals surface area contributed by atoms with Gasteiger partial charge in [0.15, 0.2) is 0 Å². The van der Waals surface area contributed by atoms with Gasteiger partial charge in [-0.2, -0.15) is 10.2 Å². The summed E-state index contributed by atoms with van der Waals surface area (Å²) in [7, 11) is 3.85. The molecule has 6 rings (SSSR count). The molecule has 1 aliphatic carbocycles. The molecular formula is C24H23N7O2. The van der Waals surface area contributed by atoms with Crippen LogP contribution in [0.1, 0.15) is 30.0 Å². The van der Waals surface area contributed by atoms with Crippen LogP contribution >= 0.6 is 0 Å². The van der Waals surface area contributed by atoms with Crippen LogP contribution in [-0.2, 0) is 20.6 Å². The molecule has 4 heterocycles. The second kappa shape index (κ2) is 7.01. The average molecular weight is 441 g/mol. The van der Waals surface area contributed by atoms with Crippen molar-refractivity contribution in [3.05, 3.63) is 74.7 Å². The number of nitrogens with zero attached hydrogens (tertiary/aromatic N) is 5. The molecule has 0 bridgehead atoms. The molecule has 4 aromatic heterocycles. The zero-order valence-corrected chi connectivity index (χ0v) is 18.4. The van der Waals surface area contributed by atoms with E-state index in [2.05, 4.69) is 21.4 Å². The highest BCUT2D eigenvalue weighted by molar-refractivity contribution is 5.91. The van der Waals surface area contributed by atoms with Gasteiger partial charge in [-0.1, -0.05) is 6.07 Å². The molecule has 1 saturated carbocycles. The van der Waals surface area contributed by atoms with E-state index in [0.29, 0.717) is 22.4 Å². The number of H-pyrrole nitrogens is 1. The number of aromatic amines is 1. The summed E-state index contributed by atoms with van der Waals surface area (Å²) >= 11 is 0. The largest absolute Gasteiger partial charge is 0.337 e. The second-order valence-corrected chi connectivity index (χ2v) is 8.68. The van der Waals surface area contributed by atoms with E-state index in [0.717, 1.165) is 41.0 Å². The predicted octanol–water partition coefficient (Wildman–Crippen LogP) is 2.28. The van der Waals surface area contributed by atoms with Crippen LogP contribution in [0.5, 0.6) is 0 Å². The van der Waals surface area contributed by atoms with Gasteiger partial charge in [-0.3, -0.25) is 18.7 Å². The van der Waals surface area contributed by atoms with Crippen LogP contribution in [0.3, 0.4) is 0 Å². The molecular weight excluding hydrogens is 418 g/mol. The fraction of sp³-hybridized carbons (Fsp3) is 0.250. The Hall–Kier alpha value is -3.98. The van der Waals surface area contributed by atoms with Gasteiger partial charge in [-0.25, -0.2) is 5.10 Å². The van der Waals surface area contributed by atoms with Gasteiger partial charge < -0.3 is 10.3 Å². The lowest BCUT2D eigenvalue weighted by Gasteiger charge is -2.10. The summed E-state index contributed by atoms with van der Waals surface area (Å²) in [5, 5.41) is 12.4. The van der Waals surface area contributed by atoms with Gasteiger partial charge in [0, 0.05) is 43.9 Å². The lowest BCUT2D eigenvalue weighted by molar-refractivity contribution is 0.770. The van der Waals surface area contributed by atoms with Crippen LogP contribution < -0.4 is 16.9 Å². The number of aryl methyl sites for hydroxylation is 2. The van der Waals surface area contributed by atoms with E-state index in [9.17, 15) is 9.59 Å². The van der Waals surface area contributed by atoms with Gasteiger partial charge in [0.1, 0.15) is 5.65 Å². The maximum absolute atomic E-state index is 13.0. The summed E-state index contributed by atoms with van der Waals surface area (Å²) < 4.78 is 5.59. The third-order valence-electron chi connectivity index (χ3n) is 6.57. The summed E-state index contributed by atoms with van der Waals surface area (Å²) in [4.78, 5) is 25.3. The highest BCUT2D eigenvalue weighted by Gasteiger charge is 2.30. The van der Waals surface area contributed by atoms with E-state index in [1.165, 1.54) is 5.56 Å². The van der Waals surface area contributed by atoms with Crippen molar-refractivity contribution in [1.82, 2.24) is 28.9 Å². The number of nitrogens with two attached hydrogens (primary N) is 1. The molecule has 0 spiro atoms. The van der Waals surface area contributed by atoms with Crippen LogP contribution in [0.2, 0.25) is 0 Å². The Labute approximate surface area is 188 Å². The fourth-order valence-corrected chi connectivity index (χ4v) is 4.79. The van der Waals surface area contributed by atoms with Crippen molar-refractivity contribution < 1.29 is 0 Å². The monoisotopic (exact) mass is 441 g/mol. The minimum Gasteiger partial charge on any atom is -0.337 e. The van der Waals surface area contributed by atoms with Crippen LogP contribution in [0.15, 0.2) is 52.3 Å². The molecule has 1 aliphatic rings. The quantitative estimate of drug-likeness (QED) is 0.444. The molecule has 9 nitrogen and oxygen atoms in total. The fourth-order valence-electron chi connectivity index (χ4n) is 4.79. The Balaban J connectivity index is 1.64. The summed E-state index contributed by atoms with van der Waals surface area (Å²) in [5.41, 5.74) is 11.7. The molecule has 5 aromatic rings. The molecule has 0 unspecified atom stereocenters. The van der Waals surface area contributed by atoms with Crippen molar-refractivity contribution in [3.8, 4) is 22.5 Å². The van der Waals surface area contributed by atoms with Gasteiger partial charge >= 0.3 is 0 Å². The first-order valence-electron chi connectivity index (χ1n) is 10.9. The third-order valence-corrected chi connectivity index (χ3v) is 6.57. The zero-order chi connectivity index (χ0) is 22.9. The molecule has 1 aromatic carbocycles. The van der Waals surface area contributed by atoms with Crippen molar-refractivity contribution in [2.24, 2.45) is 19.8 Å². The first kappa shape index (κ1) is 19.7. The molecule has 0 saturated heterocycles. The number of aromatic nitrogens is 6. The van der Waals surface area contributed by atoms with Crippen LogP contribution in [0.25, 0.3) is 38.9 Å².